The van der Waals surface area contributed by atoms with Crippen molar-refractivity contribution in [2.45, 2.75) is 0 Å². The van der Waals surface area contributed by atoms with Crippen LogP contribution >= 0.6 is 0 Å². The molecule has 4 rings (SSSR count). The van der Waals surface area contributed by atoms with Crippen molar-refractivity contribution >= 4 is 28.6 Å². The lowest BCUT2D eigenvalue weighted by atomic mass is 9.99. The number of carbonyl (C=O) groups is 1. The molecule has 0 saturated carbocycles. The number of nitrogens with one attached hydrogen (secondary N) is 1. The van der Waals surface area contributed by atoms with Crippen molar-refractivity contribution < 1.29 is 4.79 Å². The lowest BCUT2D eigenvalue weighted by Crippen LogP contribution is -2.48. The molecule has 1 aliphatic rings. The van der Waals surface area contributed by atoms with Gasteiger partial charge < -0.3 is 15.2 Å². The summed E-state index contributed by atoms with van der Waals surface area (Å²) in [5.74, 6) is 0.0745. The van der Waals surface area contributed by atoms with Crippen LogP contribution in [0.15, 0.2) is 66.7 Å². The van der Waals surface area contributed by atoms with Crippen molar-refractivity contribution in [1.29, 1.82) is 5.41 Å². The fraction of sp³-hybridized carbons (Fsp3) is 0.182. The number of carbonyl (C=O) groups excluding carboxylic acids is 1. The molecule has 0 aromatic heterocycles. The number of hydrogen-bond acceptors (Lipinski definition) is 3. The molecule has 1 heterocycles. The van der Waals surface area contributed by atoms with E-state index in [0.29, 0.717) is 13.1 Å². The van der Waals surface area contributed by atoms with E-state index in [9.17, 15) is 4.79 Å². The number of hydrogen-bond donors (Lipinski definition) is 1. The molecule has 4 heteroatoms. The predicted molar refractivity (Wildman–Crippen MR) is 106 cm³/mol. The summed E-state index contributed by atoms with van der Waals surface area (Å²) in [6.07, 6.45) is 1.34. The van der Waals surface area contributed by atoms with Crippen LogP contribution in [0.1, 0.15) is 15.9 Å². The molecule has 1 saturated heterocycles. The van der Waals surface area contributed by atoms with Crippen LogP contribution in [0.5, 0.6) is 0 Å². The molecule has 130 valence electrons. The van der Waals surface area contributed by atoms with E-state index in [4.69, 9.17) is 5.41 Å². The van der Waals surface area contributed by atoms with Crippen molar-refractivity contribution in [3.63, 3.8) is 0 Å². The Morgan fingerprint density at radius 1 is 0.808 bits per heavy atom. The average molecular weight is 343 g/mol. The smallest absolute Gasteiger partial charge is 0.254 e. The first kappa shape index (κ1) is 16.3. The number of fused-ring (bicyclic) bond motifs is 1. The Bertz CT molecular complexity index is 944. The van der Waals surface area contributed by atoms with Crippen LogP contribution in [0, 0.1) is 5.41 Å². The third-order valence-electron chi connectivity index (χ3n) is 5.03. The highest BCUT2D eigenvalue weighted by atomic mass is 16.2. The topological polar surface area (TPSA) is 47.4 Å². The van der Waals surface area contributed by atoms with Gasteiger partial charge in [0.15, 0.2) is 0 Å². The molecule has 1 N–H and O–H groups in total. The van der Waals surface area contributed by atoms with Crippen LogP contribution in [-0.4, -0.2) is 43.2 Å². The zero-order valence-electron chi connectivity index (χ0n) is 14.6. The Balaban J connectivity index is 1.56. The van der Waals surface area contributed by atoms with Crippen molar-refractivity contribution in [3.05, 3.63) is 77.9 Å². The minimum absolute atomic E-state index is 0.0745. The van der Waals surface area contributed by atoms with Crippen LogP contribution in [0.3, 0.4) is 0 Å². The Hall–Kier alpha value is -3.14. The highest BCUT2D eigenvalue weighted by Crippen LogP contribution is 2.24. The van der Waals surface area contributed by atoms with Crippen molar-refractivity contribution in [1.82, 2.24) is 4.90 Å². The summed E-state index contributed by atoms with van der Waals surface area (Å²) in [4.78, 5) is 17.4. The average Bonchev–Trinajstić information content (AvgIpc) is 2.73. The van der Waals surface area contributed by atoms with Crippen LogP contribution in [0.4, 0.5) is 5.69 Å². The molecule has 3 aromatic carbocycles. The van der Waals surface area contributed by atoms with Gasteiger partial charge >= 0.3 is 0 Å². The first-order valence-corrected chi connectivity index (χ1v) is 8.89. The SMILES string of the molecule is N=Cc1ccc(C(=O)N2CCN(c3ccccc3)CC2)c2ccccc12. The Morgan fingerprint density at radius 3 is 2.15 bits per heavy atom. The van der Waals surface area contributed by atoms with Gasteiger partial charge in [-0.3, -0.25) is 4.79 Å². The van der Waals surface area contributed by atoms with Gasteiger partial charge in [0.2, 0.25) is 0 Å². The summed E-state index contributed by atoms with van der Waals surface area (Å²) in [5.41, 5.74) is 2.77. The second kappa shape index (κ2) is 7.00. The van der Waals surface area contributed by atoms with Crippen molar-refractivity contribution in [2.75, 3.05) is 31.1 Å². The van der Waals surface area contributed by atoms with Gasteiger partial charge in [0.25, 0.3) is 5.91 Å². The molecule has 0 unspecified atom stereocenters. The second-order valence-corrected chi connectivity index (χ2v) is 6.51. The zero-order valence-corrected chi connectivity index (χ0v) is 14.6. The standard InChI is InChI=1S/C22H21N3O/c23-16-17-10-11-21(20-9-5-4-8-19(17)20)22(26)25-14-12-24(13-15-25)18-6-2-1-3-7-18/h1-11,16,23H,12-15H2. The number of rotatable bonds is 3. The third kappa shape index (κ3) is 2.94. The van der Waals surface area contributed by atoms with Crippen LogP contribution in [0.2, 0.25) is 0 Å². The third-order valence-corrected chi connectivity index (χ3v) is 5.03. The minimum atomic E-state index is 0.0745. The Labute approximate surface area is 153 Å². The van der Waals surface area contributed by atoms with Crippen LogP contribution in [-0.2, 0) is 0 Å². The molecule has 4 nitrogen and oxygen atoms in total. The summed E-state index contributed by atoms with van der Waals surface area (Å²) in [6, 6.07) is 21.9. The van der Waals surface area contributed by atoms with Gasteiger partial charge in [-0.15, -0.1) is 0 Å². The van der Waals surface area contributed by atoms with Crippen molar-refractivity contribution in [2.24, 2.45) is 0 Å². The molecule has 0 atom stereocenters. The van der Waals surface area contributed by atoms with E-state index in [0.717, 1.165) is 35.0 Å². The van der Waals surface area contributed by atoms with Crippen molar-refractivity contribution in [3.8, 4) is 0 Å². The summed E-state index contributed by atoms with van der Waals surface area (Å²) < 4.78 is 0. The molecular weight excluding hydrogens is 322 g/mol. The molecule has 1 fully saturated rings. The molecule has 3 aromatic rings. The zero-order chi connectivity index (χ0) is 17.9. The summed E-state index contributed by atoms with van der Waals surface area (Å²) >= 11 is 0. The minimum Gasteiger partial charge on any atom is -0.368 e. The van der Waals surface area contributed by atoms with Crippen LogP contribution in [0.25, 0.3) is 10.8 Å². The molecule has 0 aliphatic carbocycles. The maximum absolute atomic E-state index is 13.1. The lowest BCUT2D eigenvalue weighted by Gasteiger charge is -2.36. The molecule has 0 spiro atoms. The quantitative estimate of drug-likeness (QED) is 0.735. The molecule has 1 aliphatic heterocycles. The number of anilines is 1. The van der Waals surface area contributed by atoms with E-state index in [1.54, 1.807) is 0 Å². The molecule has 26 heavy (non-hydrogen) atoms. The van der Waals surface area contributed by atoms with Gasteiger partial charge in [-0.2, -0.15) is 0 Å². The predicted octanol–water partition coefficient (Wildman–Crippen LogP) is 3.80. The Kier molecular flexibility index (Phi) is 4.40. The molecule has 0 bridgehead atoms. The lowest BCUT2D eigenvalue weighted by molar-refractivity contribution is 0.0749. The van der Waals surface area contributed by atoms with Gasteiger partial charge in [0.1, 0.15) is 0 Å². The maximum atomic E-state index is 13.1. The van der Waals surface area contributed by atoms with E-state index >= 15 is 0 Å². The van der Waals surface area contributed by atoms with E-state index in [1.807, 2.05) is 59.5 Å². The van der Waals surface area contributed by atoms with Gasteiger partial charge in [0, 0.05) is 43.6 Å². The number of piperazine rings is 1. The highest BCUT2D eigenvalue weighted by Gasteiger charge is 2.23. The fourth-order valence-electron chi connectivity index (χ4n) is 3.61. The first-order chi connectivity index (χ1) is 12.8. The largest absolute Gasteiger partial charge is 0.368 e. The summed E-state index contributed by atoms with van der Waals surface area (Å²) in [6.45, 7) is 3.11. The van der Waals surface area contributed by atoms with Gasteiger partial charge in [-0.25, -0.2) is 0 Å². The van der Waals surface area contributed by atoms with E-state index in [-0.39, 0.29) is 5.91 Å². The number of amides is 1. The summed E-state index contributed by atoms with van der Waals surface area (Å²) in [7, 11) is 0. The monoisotopic (exact) mass is 343 g/mol. The number of benzene rings is 3. The van der Waals surface area contributed by atoms with Gasteiger partial charge in [0.05, 0.1) is 0 Å². The number of para-hydroxylation sites is 1. The fourth-order valence-corrected chi connectivity index (χ4v) is 3.61. The van der Waals surface area contributed by atoms with Gasteiger partial charge in [-0.1, -0.05) is 48.5 Å². The van der Waals surface area contributed by atoms with E-state index in [1.165, 1.54) is 11.9 Å². The van der Waals surface area contributed by atoms with E-state index in [2.05, 4.69) is 17.0 Å². The first-order valence-electron chi connectivity index (χ1n) is 8.89. The normalized spacial score (nSPS) is 14.5. The van der Waals surface area contributed by atoms with Gasteiger partial charge in [-0.05, 0) is 34.5 Å². The maximum Gasteiger partial charge on any atom is 0.254 e. The molecular formula is C22H21N3O. The second-order valence-electron chi connectivity index (χ2n) is 6.51. The molecule has 1 amide bonds. The van der Waals surface area contributed by atoms with E-state index < -0.39 is 0 Å². The highest BCUT2D eigenvalue weighted by molar-refractivity contribution is 6.11. The summed E-state index contributed by atoms with van der Waals surface area (Å²) in [5, 5.41) is 9.45. The number of nitrogens with zero attached hydrogens (tertiary/aromatic N) is 2. The Morgan fingerprint density at radius 2 is 1.46 bits per heavy atom. The molecule has 0 radical (unpaired) electrons. The van der Waals surface area contributed by atoms with Crippen LogP contribution < -0.4 is 4.90 Å².